The Hall–Kier alpha value is -2.41. The molecule has 136 valence electrons. The average molecular weight is 349 g/mol. The molecule has 0 aliphatic carbocycles. The first-order chi connectivity index (χ1) is 11.9. The van der Waals surface area contributed by atoms with E-state index in [9.17, 15) is 14.0 Å². The van der Waals surface area contributed by atoms with Crippen molar-refractivity contribution in [3.05, 3.63) is 35.8 Å². The van der Waals surface area contributed by atoms with Gasteiger partial charge in [0.25, 0.3) is 0 Å². The summed E-state index contributed by atoms with van der Waals surface area (Å²) in [6.45, 7) is 3.29. The second-order valence-electron chi connectivity index (χ2n) is 6.24. The van der Waals surface area contributed by atoms with Crippen LogP contribution >= 0.6 is 0 Å². The number of amides is 2. The first-order valence-corrected chi connectivity index (χ1v) is 8.34. The Morgan fingerprint density at radius 2 is 2.08 bits per heavy atom. The highest BCUT2D eigenvalue weighted by molar-refractivity contribution is 5.89. The van der Waals surface area contributed by atoms with E-state index in [1.54, 1.807) is 12.3 Å². The summed E-state index contributed by atoms with van der Waals surface area (Å²) in [6, 6.07) is 3.59. The van der Waals surface area contributed by atoms with Gasteiger partial charge in [0.1, 0.15) is 11.9 Å². The summed E-state index contributed by atoms with van der Waals surface area (Å²) in [5, 5.41) is 15.2. The number of fused-ring (bicyclic) bond motifs is 1. The minimum atomic E-state index is -0.724. The lowest BCUT2D eigenvalue weighted by atomic mass is 10.0. The van der Waals surface area contributed by atoms with Gasteiger partial charge < -0.3 is 20.7 Å². The van der Waals surface area contributed by atoms with E-state index in [1.165, 1.54) is 19.1 Å². The van der Waals surface area contributed by atoms with Crippen LogP contribution in [-0.4, -0.2) is 40.6 Å². The number of carbonyl (C=O) groups excluding carboxylic acids is 2. The molecule has 2 unspecified atom stereocenters. The third kappa shape index (κ3) is 5.29. The van der Waals surface area contributed by atoms with Crippen molar-refractivity contribution in [3.8, 4) is 0 Å². The smallest absolute Gasteiger partial charge is 0.243 e. The topological polar surface area (TPSA) is 94.2 Å². The molecular weight excluding hydrogens is 325 g/mol. The van der Waals surface area contributed by atoms with E-state index in [1.807, 2.05) is 6.92 Å². The molecule has 0 bridgehead atoms. The Morgan fingerprint density at radius 3 is 2.76 bits per heavy atom. The number of nitrogens with one attached hydrogen (secondary N) is 3. The molecule has 0 saturated carbocycles. The average Bonchev–Trinajstić information content (AvgIpc) is 2.93. The van der Waals surface area contributed by atoms with E-state index in [0.29, 0.717) is 24.8 Å². The molecule has 2 rings (SSSR count). The Labute approximate surface area is 145 Å². The van der Waals surface area contributed by atoms with Crippen LogP contribution in [0.2, 0.25) is 0 Å². The van der Waals surface area contributed by atoms with Crippen molar-refractivity contribution in [3.63, 3.8) is 0 Å². The van der Waals surface area contributed by atoms with E-state index < -0.39 is 6.04 Å². The lowest BCUT2D eigenvalue weighted by molar-refractivity contribution is -0.128. The highest BCUT2D eigenvalue weighted by atomic mass is 19.1. The van der Waals surface area contributed by atoms with Crippen LogP contribution in [-0.2, 0) is 16.0 Å². The molecule has 1 aromatic heterocycles. The summed E-state index contributed by atoms with van der Waals surface area (Å²) in [4.78, 5) is 27.0. The fourth-order valence-corrected chi connectivity index (χ4v) is 2.82. The van der Waals surface area contributed by atoms with Gasteiger partial charge in [-0.05, 0) is 43.5 Å². The summed E-state index contributed by atoms with van der Waals surface area (Å²) in [6.07, 6.45) is 3.27. The molecular formula is C18H24FN3O3. The Kier molecular flexibility index (Phi) is 6.52. The third-order valence-electron chi connectivity index (χ3n) is 4.03. The number of aromatic amines is 1. The van der Waals surface area contributed by atoms with Crippen LogP contribution in [0.3, 0.4) is 0 Å². The number of aliphatic hydroxyl groups excluding tert-OH is 1. The van der Waals surface area contributed by atoms with Crippen LogP contribution in [0.25, 0.3) is 10.9 Å². The quantitative estimate of drug-likeness (QED) is 0.583. The zero-order chi connectivity index (χ0) is 18.4. The van der Waals surface area contributed by atoms with Gasteiger partial charge in [-0.15, -0.1) is 0 Å². The zero-order valence-corrected chi connectivity index (χ0v) is 14.4. The Morgan fingerprint density at radius 1 is 1.32 bits per heavy atom. The molecule has 0 saturated heterocycles. The van der Waals surface area contributed by atoms with Crippen molar-refractivity contribution < 1.29 is 19.1 Å². The number of carbonyl (C=O) groups is 2. The fourth-order valence-electron chi connectivity index (χ4n) is 2.82. The van der Waals surface area contributed by atoms with E-state index in [4.69, 9.17) is 5.11 Å². The van der Waals surface area contributed by atoms with Gasteiger partial charge in [-0.2, -0.15) is 0 Å². The minimum Gasteiger partial charge on any atom is -0.396 e. The van der Waals surface area contributed by atoms with E-state index in [0.717, 1.165) is 10.9 Å². The molecule has 0 fully saturated rings. The number of halogens is 1. The van der Waals surface area contributed by atoms with Gasteiger partial charge in [-0.3, -0.25) is 9.59 Å². The van der Waals surface area contributed by atoms with Gasteiger partial charge in [0.2, 0.25) is 11.8 Å². The predicted octanol–water partition coefficient (Wildman–Crippen LogP) is 1.63. The molecule has 25 heavy (non-hydrogen) atoms. The standard InChI is InChI=1S/C18H24FN3O3/c1-11(4-3-7-23)21-18(25)17(22-12(2)24)8-13-10-20-16-9-14(19)5-6-15(13)16/h5-6,9-11,17,20,23H,3-4,7-8H2,1-2H3,(H,21,25)(H,22,24). The highest BCUT2D eigenvalue weighted by Crippen LogP contribution is 2.20. The predicted molar refractivity (Wildman–Crippen MR) is 93.5 cm³/mol. The van der Waals surface area contributed by atoms with Crippen molar-refractivity contribution in [1.29, 1.82) is 0 Å². The van der Waals surface area contributed by atoms with Crippen LogP contribution in [0.1, 0.15) is 32.3 Å². The maximum Gasteiger partial charge on any atom is 0.243 e. The van der Waals surface area contributed by atoms with E-state index in [-0.39, 0.29) is 30.3 Å². The summed E-state index contributed by atoms with van der Waals surface area (Å²) in [7, 11) is 0. The lowest BCUT2D eigenvalue weighted by Crippen LogP contribution is -2.49. The van der Waals surface area contributed by atoms with Crippen molar-refractivity contribution in [2.75, 3.05) is 6.61 Å². The van der Waals surface area contributed by atoms with E-state index >= 15 is 0 Å². The van der Waals surface area contributed by atoms with Crippen LogP contribution in [0, 0.1) is 5.82 Å². The van der Waals surface area contributed by atoms with Gasteiger partial charge >= 0.3 is 0 Å². The molecule has 1 aromatic carbocycles. The van der Waals surface area contributed by atoms with Crippen LogP contribution in [0.15, 0.2) is 24.4 Å². The molecule has 2 aromatic rings. The maximum atomic E-state index is 13.3. The number of hydrogen-bond donors (Lipinski definition) is 4. The fraction of sp³-hybridized carbons (Fsp3) is 0.444. The Balaban J connectivity index is 2.13. The van der Waals surface area contributed by atoms with E-state index in [2.05, 4.69) is 15.6 Å². The minimum absolute atomic E-state index is 0.0707. The Bertz CT molecular complexity index is 744. The van der Waals surface area contributed by atoms with Crippen LogP contribution in [0.5, 0.6) is 0 Å². The molecule has 1 heterocycles. The normalized spacial score (nSPS) is 13.4. The van der Waals surface area contributed by atoms with Crippen LogP contribution in [0.4, 0.5) is 4.39 Å². The zero-order valence-electron chi connectivity index (χ0n) is 14.4. The van der Waals surface area contributed by atoms with Crippen molar-refractivity contribution in [1.82, 2.24) is 15.6 Å². The van der Waals surface area contributed by atoms with Crippen molar-refractivity contribution >= 4 is 22.7 Å². The molecule has 0 aliphatic rings. The van der Waals surface area contributed by atoms with Gasteiger partial charge in [0.05, 0.1) is 0 Å². The lowest BCUT2D eigenvalue weighted by Gasteiger charge is -2.20. The highest BCUT2D eigenvalue weighted by Gasteiger charge is 2.22. The monoisotopic (exact) mass is 349 g/mol. The second kappa shape index (κ2) is 8.62. The number of rotatable bonds is 8. The number of aromatic nitrogens is 1. The number of H-pyrrole nitrogens is 1. The van der Waals surface area contributed by atoms with Crippen molar-refractivity contribution in [2.24, 2.45) is 0 Å². The number of benzene rings is 1. The largest absolute Gasteiger partial charge is 0.396 e. The molecule has 0 aliphatic heterocycles. The first kappa shape index (κ1) is 18.9. The SMILES string of the molecule is CC(=O)NC(Cc1c[nH]c2cc(F)ccc12)C(=O)NC(C)CCCO. The molecule has 0 spiro atoms. The van der Waals surface area contributed by atoms with Crippen LogP contribution < -0.4 is 10.6 Å². The summed E-state index contributed by atoms with van der Waals surface area (Å²) in [5.74, 6) is -0.916. The van der Waals surface area contributed by atoms with Gasteiger partial charge in [0, 0.05) is 43.1 Å². The third-order valence-corrected chi connectivity index (χ3v) is 4.03. The summed E-state index contributed by atoms with van der Waals surface area (Å²) >= 11 is 0. The molecule has 0 radical (unpaired) electrons. The summed E-state index contributed by atoms with van der Waals surface area (Å²) < 4.78 is 13.3. The van der Waals surface area contributed by atoms with Gasteiger partial charge in [0.15, 0.2) is 0 Å². The molecule has 4 N–H and O–H groups in total. The number of aliphatic hydroxyl groups is 1. The van der Waals surface area contributed by atoms with Gasteiger partial charge in [-0.25, -0.2) is 4.39 Å². The summed E-state index contributed by atoms with van der Waals surface area (Å²) in [5.41, 5.74) is 1.47. The second-order valence-corrected chi connectivity index (χ2v) is 6.24. The molecule has 2 amide bonds. The van der Waals surface area contributed by atoms with Crippen molar-refractivity contribution in [2.45, 2.75) is 45.2 Å². The van der Waals surface area contributed by atoms with Gasteiger partial charge in [-0.1, -0.05) is 0 Å². The molecule has 2 atom stereocenters. The molecule has 7 heteroatoms. The maximum absolute atomic E-state index is 13.3. The number of hydrogen-bond acceptors (Lipinski definition) is 3. The molecule has 6 nitrogen and oxygen atoms in total. The first-order valence-electron chi connectivity index (χ1n) is 8.34.